The smallest absolute Gasteiger partial charge is 0.228 e. The predicted octanol–water partition coefficient (Wildman–Crippen LogP) is 1.84. The molecular formula is C14H23N3O3S. The molecule has 0 bridgehead atoms. The Hall–Kier alpha value is -1.37. The molecule has 7 heteroatoms. The Morgan fingerprint density at radius 2 is 2.00 bits per heavy atom. The summed E-state index contributed by atoms with van der Waals surface area (Å²) in [7, 11) is -3.01. The summed E-state index contributed by atoms with van der Waals surface area (Å²) >= 11 is 0. The first-order chi connectivity index (χ1) is 9.94. The van der Waals surface area contributed by atoms with Crippen molar-refractivity contribution in [1.82, 2.24) is 9.78 Å². The largest absolute Gasteiger partial charge is 0.309 e. The quantitative estimate of drug-likeness (QED) is 0.841. The molecule has 21 heavy (non-hydrogen) atoms. The molecule has 0 aromatic carbocycles. The van der Waals surface area contributed by atoms with Crippen LogP contribution in [0.25, 0.3) is 0 Å². The summed E-state index contributed by atoms with van der Waals surface area (Å²) in [4.78, 5) is 12.2. The second-order valence-corrected chi connectivity index (χ2v) is 8.03. The first-order valence-electron chi connectivity index (χ1n) is 7.46. The second kappa shape index (κ2) is 7.06. The van der Waals surface area contributed by atoms with Crippen molar-refractivity contribution >= 4 is 21.6 Å². The van der Waals surface area contributed by atoms with Crippen molar-refractivity contribution < 1.29 is 13.2 Å². The van der Waals surface area contributed by atoms with Crippen molar-refractivity contribution in [2.75, 3.05) is 17.3 Å². The van der Waals surface area contributed by atoms with E-state index in [0.717, 1.165) is 25.7 Å². The van der Waals surface area contributed by atoms with Crippen LogP contribution in [0, 0.1) is 5.92 Å². The number of sulfone groups is 1. The Bertz CT molecular complexity index is 572. The molecule has 2 rings (SSSR count). The van der Waals surface area contributed by atoms with Crippen LogP contribution in [0.3, 0.4) is 0 Å². The number of nitrogens with zero attached hydrogens (tertiary/aromatic N) is 2. The molecule has 1 aliphatic carbocycles. The minimum atomic E-state index is -3.01. The average Bonchev–Trinajstić information content (AvgIpc) is 2.68. The van der Waals surface area contributed by atoms with Crippen LogP contribution in [-0.2, 0) is 21.2 Å². The molecule has 1 heterocycles. The van der Waals surface area contributed by atoms with Gasteiger partial charge in [-0.05, 0) is 12.8 Å². The monoisotopic (exact) mass is 313 g/mol. The van der Waals surface area contributed by atoms with Crippen LogP contribution in [0.15, 0.2) is 12.3 Å². The molecule has 0 radical (unpaired) electrons. The molecule has 0 spiro atoms. The van der Waals surface area contributed by atoms with Gasteiger partial charge in [0.2, 0.25) is 5.91 Å². The van der Waals surface area contributed by atoms with Gasteiger partial charge >= 0.3 is 0 Å². The van der Waals surface area contributed by atoms with E-state index in [9.17, 15) is 13.2 Å². The number of amides is 1. The molecule has 6 nitrogen and oxygen atoms in total. The first-order valence-corrected chi connectivity index (χ1v) is 9.52. The highest BCUT2D eigenvalue weighted by Gasteiger charge is 2.20. The molecule has 1 N–H and O–H groups in total. The van der Waals surface area contributed by atoms with E-state index in [1.165, 1.54) is 19.1 Å². The summed E-state index contributed by atoms with van der Waals surface area (Å²) in [6.45, 7) is 0.304. The maximum Gasteiger partial charge on any atom is 0.228 e. The van der Waals surface area contributed by atoms with Crippen molar-refractivity contribution in [2.45, 2.75) is 45.1 Å². The maximum atomic E-state index is 12.2. The SMILES string of the molecule is CS(=O)(=O)CCn1ccc(NC(=O)C2CCCCCC2)n1. The molecular weight excluding hydrogens is 290 g/mol. The number of hydrogen-bond donors (Lipinski definition) is 1. The summed E-state index contributed by atoms with van der Waals surface area (Å²) in [5, 5.41) is 7.03. The fourth-order valence-corrected chi connectivity index (χ4v) is 3.10. The van der Waals surface area contributed by atoms with E-state index in [0.29, 0.717) is 12.4 Å². The lowest BCUT2D eigenvalue weighted by molar-refractivity contribution is -0.120. The highest BCUT2D eigenvalue weighted by molar-refractivity contribution is 7.90. The van der Waals surface area contributed by atoms with Crippen LogP contribution in [0.1, 0.15) is 38.5 Å². The van der Waals surface area contributed by atoms with Crippen LogP contribution in [0.2, 0.25) is 0 Å². The summed E-state index contributed by atoms with van der Waals surface area (Å²) < 4.78 is 23.8. The lowest BCUT2D eigenvalue weighted by atomic mass is 10.00. The molecule has 0 atom stereocenters. The van der Waals surface area contributed by atoms with E-state index in [1.807, 2.05) is 0 Å². The molecule has 1 aromatic heterocycles. The topological polar surface area (TPSA) is 81.1 Å². The van der Waals surface area contributed by atoms with Gasteiger partial charge < -0.3 is 5.32 Å². The number of anilines is 1. The molecule has 1 aromatic rings. The summed E-state index contributed by atoms with van der Waals surface area (Å²) in [5.41, 5.74) is 0. The number of rotatable bonds is 5. The summed E-state index contributed by atoms with van der Waals surface area (Å²) in [6.07, 6.45) is 9.43. The summed E-state index contributed by atoms with van der Waals surface area (Å²) in [6, 6.07) is 1.71. The Kier molecular flexibility index (Phi) is 5.39. The molecule has 1 amide bonds. The van der Waals surface area contributed by atoms with Gasteiger partial charge in [0.15, 0.2) is 5.82 Å². The van der Waals surface area contributed by atoms with Crippen molar-refractivity contribution in [1.29, 1.82) is 0 Å². The Labute approximate surface area is 125 Å². The first kappa shape index (κ1) is 16.0. The lowest BCUT2D eigenvalue weighted by Crippen LogP contribution is -2.22. The van der Waals surface area contributed by atoms with Crippen molar-refractivity contribution in [3.8, 4) is 0 Å². The van der Waals surface area contributed by atoms with Crippen molar-refractivity contribution in [3.63, 3.8) is 0 Å². The number of hydrogen-bond acceptors (Lipinski definition) is 4. The normalized spacial score (nSPS) is 17.4. The van der Waals surface area contributed by atoms with Gasteiger partial charge in [0.25, 0.3) is 0 Å². The Morgan fingerprint density at radius 3 is 2.62 bits per heavy atom. The van der Waals surface area contributed by atoms with Crippen molar-refractivity contribution in [3.05, 3.63) is 12.3 Å². The minimum absolute atomic E-state index is 0.0327. The predicted molar refractivity (Wildman–Crippen MR) is 81.8 cm³/mol. The van der Waals surface area contributed by atoms with E-state index in [1.54, 1.807) is 16.9 Å². The number of carbonyl (C=O) groups excluding carboxylic acids is 1. The van der Waals surface area contributed by atoms with Gasteiger partial charge in [-0.1, -0.05) is 25.7 Å². The number of aromatic nitrogens is 2. The number of carbonyl (C=O) groups is 1. The molecule has 118 valence electrons. The van der Waals surface area contributed by atoms with E-state index >= 15 is 0 Å². The van der Waals surface area contributed by atoms with Gasteiger partial charge in [-0.3, -0.25) is 9.48 Å². The third-order valence-electron chi connectivity index (χ3n) is 3.81. The standard InChI is InChI=1S/C14H23N3O3S/c1-21(19,20)11-10-17-9-8-13(16-17)15-14(18)12-6-4-2-3-5-7-12/h8-9,12H,2-7,10-11H2,1H3,(H,15,16,18). The third-order valence-corrected chi connectivity index (χ3v) is 4.73. The fourth-order valence-electron chi connectivity index (χ4n) is 2.58. The van der Waals surface area contributed by atoms with Gasteiger partial charge in [-0.2, -0.15) is 5.10 Å². The molecule has 0 aliphatic heterocycles. The highest BCUT2D eigenvalue weighted by Crippen LogP contribution is 2.23. The maximum absolute atomic E-state index is 12.2. The zero-order chi connectivity index (χ0) is 15.3. The Morgan fingerprint density at radius 1 is 1.33 bits per heavy atom. The fraction of sp³-hybridized carbons (Fsp3) is 0.714. The van der Waals surface area contributed by atoms with Crippen LogP contribution < -0.4 is 5.32 Å². The number of aryl methyl sites for hydroxylation is 1. The molecule has 0 saturated heterocycles. The van der Waals surface area contributed by atoms with Crippen LogP contribution >= 0.6 is 0 Å². The minimum Gasteiger partial charge on any atom is -0.309 e. The van der Waals surface area contributed by atoms with Gasteiger partial charge in [0.1, 0.15) is 9.84 Å². The average molecular weight is 313 g/mol. The molecule has 1 fully saturated rings. The van der Waals surface area contributed by atoms with E-state index in [2.05, 4.69) is 10.4 Å². The van der Waals surface area contributed by atoms with Gasteiger partial charge in [0.05, 0.1) is 12.3 Å². The highest BCUT2D eigenvalue weighted by atomic mass is 32.2. The van der Waals surface area contributed by atoms with Gasteiger partial charge in [-0.15, -0.1) is 0 Å². The van der Waals surface area contributed by atoms with Gasteiger partial charge in [-0.25, -0.2) is 8.42 Å². The number of nitrogens with one attached hydrogen (secondary N) is 1. The van der Waals surface area contributed by atoms with Crippen molar-refractivity contribution in [2.24, 2.45) is 5.92 Å². The van der Waals surface area contributed by atoms with Crippen LogP contribution in [0.4, 0.5) is 5.82 Å². The van der Waals surface area contributed by atoms with Crippen LogP contribution in [-0.4, -0.2) is 36.1 Å². The van der Waals surface area contributed by atoms with Gasteiger partial charge in [0, 0.05) is 24.4 Å². The molecule has 1 saturated carbocycles. The van der Waals surface area contributed by atoms with E-state index in [-0.39, 0.29) is 17.6 Å². The zero-order valence-electron chi connectivity index (χ0n) is 12.4. The molecule has 0 unspecified atom stereocenters. The second-order valence-electron chi connectivity index (χ2n) is 5.77. The third kappa shape index (κ3) is 5.49. The summed E-state index contributed by atoms with van der Waals surface area (Å²) in [5.74, 6) is 0.654. The van der Waals surface area contributed by atoms with E-state index in [4.69, 9.17) is 0 Å². The molecule has 1 aliphatic rings. The zero-order valence-corrected chi connectivity index (χ0v) is 13.2. The van der Waals surface area contributed by atoms with Crippen LogP contribution in [0.5, 0.6) is 0 Å². The lowest BCUT2D eigenvalue weighted by Gasteiger charge is -2.12. The Balaban J connectivity index is 1.87. The van der Waals surface area contributed by atoms with E-state index < -0.39 is 9.84 Å².